The molecule has 2 aromatic rings. The minimum Gasteiger partial charge on any atom is -0.495 e. The third kappa shape index (κ3) is 4.31. The normalized spacial score (nSPS) is 12.0. The molecule has 1 aromatic carbocycles. The third-order valence-electron chi connectivity index (χ3n) is 4.37. The molecular weight excluding hydrogens is 338 g/mol. The van der Waals surface area contributed by atoms with E-state index in [1.807, 2.05) is 6.92 Å². The molecule has 0 radical (unpaired) electrons. The Balaban J connectivity index is 2.61. The lowest BCUT2D eigenvalue weighted by atomic mass is 9.97. The molecular formula is C20H24ClNO3. The van der Waals surface area contributed by atoms with Gasteiger partial charge in [-0.15, -0.1) is 0 Å². The van der Waals surface area contributed by atoms with Crippen LogP contribution in [0.2, 0.25) is 5.02 Å². The molecule has 134 valence electrons. The number of hydrogen-bond acceptors (Lipinski definition) is 3. The zero-order valence-electron chi connectivity index (χ0n) is 15.1. The van der Waals surface area contributed by atoms with E-state index in [-0.39, 0.29) is 17.4 Å². The van der Waals surface area contributed by atoms with Gasteiger partial charge in [0.25, 0.3) is 5.56 Å². The van der Waals surface area contributed by atoms with Crippen molar-refractivity contribution in [3.05, 3.63) is 51.4 Å². The van der Waals surface area contributed by atoms with Crippen LogP contribution in [0, 0.1) is 0 Å². The Labute approximate surface area is 153 Å². The minimum absolute atomic E-state index is 0.0852. The van der Waals surface area contributed by atoms with Crippen molar-refractivity contribution in [2.24, 2.45) is 0 Å². The number of aromatic nitrogens is 1. The summed E-state index contributed by atoms with van der Waals surface area (Å²) in [7, 11) is 1.56. The van der Waals surface area contributed by atoms with E-state index >= 15 is 0 Å². The van der Waals surface area contributed by atoms with Crippen LogP contribution in [-0.4, -0.2) is 17.5 Å². The van der Waals surface area contributed by atoms with Gasteiger partial charge in [0.05, 0.1) is 13.3 Å². The summed E-state index contributed by atoms with van der Waals surface area (Å²) in [5.74, 6) is 0.460. The van der Waals surface area contributed by atoms with Crippen LogP contribution in [0.25, 0.3) is 11.1 Å². The van der Waals surface area contributed by atoms with Crippen molar-refractivity contribution >= 4 is 17.4 Å². The number of carbonyl (C=O) groups is 1. The van der Waals surface area contributed by atoms with Crippen molar-refractivity contribution in [1.82, 2.24) is 4.57 Å². The van der Waals surface area contributed by atoms with Crippen LogP contribution in [0.4, 0.5) is 0 Å². The second-order valence-electron chi connectivity index (χ2n) is 6.24. The van der Waals surface area contributed by atoms with E-state index in [1.165, 1.54) is 13.0 Å². The maximum atomic E-state index is 12.6. The highest BCUT2D eigenvalue weighted by atomic mass is 35.5. The van der Waals surface area contributed by atoms with Crippen LogP contribution in [0.3, 0.4) is 0 Å². The molecule has 2 rings (SSSR count). The van der Waals surface area contributed by atoms with Gasteiger partial charge in [-0.2, -0.15) is 0 Å². The van der Waals surface area contributed by atoms with Crippen molar-refractivity contribution in [3.8, 4) is 16.9 Å². The molecule has 0 aliphatic rings. The predicted molar refractivity (Wildman–Crippen MR) is 102 cm³/mol. The predicted octanol–water partition coefficient (Wildman–Crippen LogP) is 5.13. The summed E-state index contributed by atoms with van der Waals surface area (Å²) >= 11 is 6.11. The molecule has 0 saturated carbocycles. The molecule has 1 heterocycles. The average Bonchev–Trinajstić information content (AvgIpc) is 2.58. The summed E-state index contributed by atoms with van der Waals surface area (Å²) in [5.41, 5.74) is 1.59. The zero-order chi connectivity index (χ0) is 18.6. The molecule has 0 saturated heterocycles. The molecule has 5 heteroatoms. The molecule has 1 unspecified atom stereocenters. The number of Topliss-reactive ketones (excluding diaryl/α,β-unsaturated/α-hetero) is 1. The average molecular weight is 362 g/mol. The quantitative estimate of drug-likeness (QED) is 0.642. The van der Waals surface area contributed by atoms with Crippen LogP contribution in [-0.2, 0) is 0 Å². The number of ketones is 1. The molecule has 0 bridgehead atoms. The van der Waals surface area contributed by atoms with Crippen molar-refractivity contribution in [2.75, 3.05) is 7.11 Å². The number of halogens is 1. The van der Waals surface area contributed by atoms with Gasteiger partial charge in [-0.1, -0.05) is 31.4 Å². The minimum atomic E-state index is -0.117. The van der Waals surface area contributed by atoms with Gasteiger partial charge in [-0.3, -0.25) is 9.59 Å². The summed E-state index contributed by atoms with van der Waals surface area (Å²) in [4.78, 5) is 24.6. The van der Waals surface area contributed by atoms with E-state index in [9.17, 15) is 9.59 Å². The van der Waals surface area contributed by atoms with Gasteiger partial charge in [-0.25, -0.2) is 0 Å². The lowest BCUT2D eigenvalue weighted by Crippen LogP contribution is -2.23. The monoisotopic (exact) mass is 361 g/mol. The summed E-state index contributed by atoms with van der Waals surface area (Å²) in [6.07, 6.45) is 4.79. The molecule has 1 atom stereocenters. The van der Waals surface area contributed by atoms with Gasteiger partial charge in [0.1, 0.15) is 5.75 Å². The number of pyridine rings is 1. The number of unbranched alkanes of at least 4 members (excludes halogenated alkanes) is 1. The molecule has 0 N–H and O–H groups in total. The molecule has 0 amide bonds. The molecule has 25 heavy (non-hydrogen) atoms. The van der Waals surface area contributed by atoms with Crippen molar-refractivity contribution in [3.63, 3.8) is 0 Å². The maximum absolute atomic E-state index is 12.6. The Morgan fingerprint density at radius 1 is 1.28 bits per heavy atom. The standard InChI is InChI=1S/C20H24ClNO3/c1-5-6-7-13(2)22-12-19(25-4)18(11-20(22)24)17-10-15(21)8-9-16(17)14(3)23/h8-13H,5-7H2,1-4H3. The van der Waals surface area contributed by atoms with Crippen LogP contribution >= 0.6 is 11.6 Å². The number of carbonyl (C=O) groups excluding carboxylic acids is 1. The summed E-state index contributed by atoms with van der Waals surface area (Å²) in [6, 6.07) is 6.65. The highest BCUT2D eigenvalue weighted by Gasteiger charge is 2.17. The second-order valence-corrected chi connectivity index (χ2v) is 6.67. The maximum Gasteiger partial charge on any atom is 0.251 e. The van der Waals surface area contributed by atoms with E-state index in [2.05, 4.69) is 6.92 Å². The molecule has 0 fully saturated rings. The van der Waals surface area contributed by atoms with Gasteiger partial charge in [-0.05, 0) is 44.0 Å². The number of nitrogens with zero attached hydrogens (tertiary/aromatic N) is 1. The first-order valence-corrected chi connectivity index (χ1v) is 8.87. The SMILES string of the molecule is CCCCC(C)n1cc(OC)c(-c2cc(Cl)ccc2C(C)=O)cc1=O. The van der Waals surface area contributed by atoms with Crippen LogP contribution in [0.5, 0.6) is 5.75 Å². The fourth-order valence-corrected chi connectivity index (χ4v) is 3.10. The van der Waals surface area contributed by atoms with Gasteiger partial charge in [0.2, 0.25) is 0 Å². The first-order valence-electron chi connectivity index (χ1n) is 8.50. The Hall–Kier alpha value is -2.07. The molecule has 0 aliphatic carbocycles. The van der Waals surface area contributed by atoms with E-state index in [0.717, 1.165) is 19.3 Å². The first kappa shape index (κ1) is 19.3. The molecule has 4 nitrogen and oxygen atoms in total. The zero-order valence-corrected chi connectivity index (χ0v) is 15.9. The van der Waals surface area contributed by atoms with E-state index in [1.54, 1.807) is 36.1 Å². The lowest BCUT2D eigenvalue weighted by Gasteiger charge is -2.18. The highest BCUT2D eigenvalue weighted by molar-refractivity contribution is 6.31. The van der Waals surface area contributed by atoms with Crippen molar-refractivity contribution in [1.29, 1.82) is 0 Å². The Morgan fingerprint density at radius 2 is 2.00 bits per heavy atom. The van der Waals surface area contributed by atoms with Gasteiger partial charge < -0.3 is 9.30 Å². The van der Waals surface area contributed by atoms with E-state index in [4.69, 9.17) is 16.3 Å². The molecule has 1 aromatic heterocycles. The third-order valence-corrected chi connectivity index (χ3v) is 4.60. The number of hydrogen-bond donors (Lipinski definition) is 0. The van der Waals surface area contributed by atoms with Gasteiger partial charge in [0, 0.05) is 28.3 Å². The smallest absolute Gasteiger partial charge is 0.251 e. The number of benzene rings is 1. The van der Waals surface area contributed by atoms with Crippen LogP contribution in [0.15, 0.2) is 35.3 Å². The summed E-state index contributed by atoms with van der Waals surface area (Å²) < 4.78 is 7.20. The largest absolute Gasteiger partial charge is 0.495 e. The Morgan fingerprint density at radius 3 is 2.60 bits per heavy atom. The highest BCUT2D eigenvalue weighted by Crippen LogP contribution is 2.34. The lowest BCUT2D eigenvalue weighted by molar-refractivity contribution is 0.101. The second kappa shape index (κ2) is 8.34. The van der Waals surface area contributed by atoms with Crippen LogP contribution < -0.4 is 10.3 Å². The van der Waals surface area contributed by atoms with Gasteiger partial charge >= 0.3 is 0 Å². The molecule has 0 aliphatic heterocycles. The fraction of sp³-hybridized carbons (Fsp3) is 0.400. The first-order chi connectivity index (χ1) is 11.9. The number of rotatable bonds is 7. The summed E-state index contributed by atoms with van der Waals surface area (Å²) in [6.45, 7) is 5.64. The van der Waals surface area contributed by atoms with Gasteiger partial charge in [0.15, 0.2) is 5.78 Å². The van der Waals surface area contributed by atoms with E-state index < -0.39 is 0 Å². The van der Waals surface area contributed by atoms with Crippen LogP contribution in [0.1, 0.15) is 56.4 Å². The number of methoxy groups -OCH3 is 1. The fourth-order valence-electron chi connectivity index (χ4n) is 2.93. The Kier molecular flexibility index (Phi) is 6.43. The van der Waals surface area contributed by atoms with E-state index in [0.29, 0.717) is 27.5 Å². The topological polar surface area (TPSA) is 48.3 Å². The summed E-state index contributed by atoms with van der Waals surface area (Å²) in [5, 5.41) is 0.502. The molecule has 0 spiro atoms. The number of ether oxygens (including phenoxy) is 1. The van der Waals surface area contributed by atoms with Crippen molar-refractivity contribution < 1.29 is 9.53 Å². The Bertz CT molecular complexity index is 826. The van der Waals surface area contributed by atoms with Crippen molar-refractivity contribution in [2.45, 2.75) is 46.1 Å².